The molecule has 0 amide bonds. The van der Waals surface area contributed by atoms with Crippen molar-refractivity contribution in [3.63, 3.8) is 0 Å². The van der Waals surface area contributed by atoms with E-state index in [1.165, 1.54) is 6.07 Å². The second-order valence-corrected chi connectivity index (χ2v) is 3.78. The molecule has 0 bridgehead atoms. The SMILES string of the molecule is CC[C@H]1C[C@@H]1c1ccc(F)c(F)c1F. The molecule has 1 aliphatic carbocycles. The highest BCUT2D eigenvalue weighted by Crippen LogP contribution is 2.50. The van der Waals surface area contributed by atoms with Gasteiger partial charge < -0.3 is 0 Å². The molecule has 76 valence electrons. The monoisotopic (exact) mass is 200 g/mol. The Labute approximate surface area is 80.7 Å². The van der Waals surface area contributed by atoms with Gasteiger partial charge in [0.25, 0.3) is 0 Å². The van der Waals surface area contributed by atoms with Gasteiger partial charge in [-0.25, -0.2) is 13.2 Å². The van der Waals surface area contributed by atoms with Gasteiger partial charge in [0.2, 0.25) is 0 Å². The van der Waals surface area contributed by atoms with Crippen LogP contribution in [-0.4, -0.2) is 0 Å². The Kier molecular flexibility index (Phi) is 2.25. The fourth-order valence-corrected chi connectivity index (χ4v) is 1.91. The quantitative estimate of drug-likeness (QED) is 0.639. The van der Waals surface area contributed by atoms with Gasteiger partial charge >= 0.3 is 0 Å². The van der Waals surface area contributed by atoms with E-state index in [-0.39, 0.29) is 5.92 Å². The van der Waals surface area contributed by atoms with E-state index in [2.05, 4.69) is 0 Å². The predicted octanol–water partition coefficient (Wildman–Crippen LogP) is 3.62. The minimum absolute atomic E-state index is 0.0927. The molecule has 1 aliphatic rings. The third-order valence-corrected chi connectivity index (χ3v) is 2.91. The number of benzene rings is 1. The van der Waals surface area contributed by atoms with E-state index in [0.717, 1.165) is 18.9 Å². The first kappa shape index (κ1) is 9.56. The Balaban J connectivity index is 2.32. The number of hydrogen-bond acceptors (Lipinski definition) is 0. The lowest BCUT2D eigenvalue weighted by atomic mass is 10.1. The zero-order valence-corrected chi connectivity index (χ0v) is 7.86. The normalized spacial score (nSPS) is 25.1. The third kappa shape index (κ3) is 1.41. The average molecular weight is 200 g/mol. The van der Waals surface area contributed by atoms with Gasteiger partial charge in [-0.2, -0.15) is 0 Å². The molecule has 2 rings (SSSR count). The molecule has 0 heterocycles. The van der Waals surface area contributed by atoms with Gasteiger partial charge in [0.15, 0.2) is 17.5 Å². The standard InChI is InChI=1S/C11H11F3/c1-2-6-5-8(6)7-3-4-9(12)11(14)10(7)13/h3-4,6,8H,2,5H2,1H3/t6-,8-/m0/s1. The molecule has 14 heavy (non-hydrogen) atoms. The molecular formula is C11H11F3. The molecule has 1 aromatic carbocycles. The summed E-state index contributed by atoms with van der Waals surface area (Å²) in [7, 11) is 0. The predicted molar refractivity (Wildman–Crippen MR) is 47.5 cm³/mol. The summed E-state index contributed by atoms with van der Waals surface area (Å²) in [5.74, 6) is -2.93. The van der Waals surface area contributed by atoms with Crippen molar-refractivity contribution in [1.82, 2.24) is 0 Å². The van der Waals surface area contributed by atoms with Crippen LogP contribution >= 0.6 is 0 Å². The molecule has 1 aromatic rings. The van der Waals surface area contributed by atoms with E-state index in [0.29, 0.717) is 11.5 Å². The molecule has 2 atom stereocenters. The first-order valence-corrected chi connectivity index (χ1v) is 4.78. The number of rotatable bonds is 2. The van der Waals surface area contributed by atoms with Gasteiger partial charge in [0.1, 0.15) is 0 Å². The Morgan fingerprint density at radius 3 is 2.50 bits per heavy atom. The lowest BCUT2D eigenvalue weighted by Gasteiger charge is -2.03. The molecule has 0 N–H and O–H groups in total. The van der Waals surface area contributed by atoms with Gasteiger partial charge in [-0.1, -0.05) is 19.4 Å². The maximum Gasteiger partial charge on any atom is 0.194 e. The maximum atomic E-state index is 13.2. The summed E-state index contributed by atoms with van der Waals surface area (Å²) >= 11 is 0. The van der Waals surface area contributed by atoms with Crippen LogP contribution in [0.5, 0.6) is 0 Å². The van der Waals surface area contributed by atoms with E-state index in [1.807, 2.05) is 6.92 Å². The summed E-state index contributed by atoms with van der Waals surface area (Å²) in [6.07, 6.45) is 1.85. The molecule has 1 saturated carbocycles. The smallest absolute Gasteiger partial charge is 0.194 e. The highest BCUT2D eigenvalue weighted by Gasteiger charge is 2.39. The van der Waals surface area contributed by atoms with Crippen LogP contribution in [0.15, 0.2) is 12.1 Å². The number of halogens is 3. The van der Waals surface area contributed by atoms with Crippen molar-refractivity contribution in [2.75, 3.05) is 0 Å². The molecule has 0 saturated heterocycles. The van der Waals surface area contributed by atoms with Gasteiger partial charge in [-0.05, 0) is 29.9 Å². The van der Waals surface area contributed by atoms with Gasteiger partial charge in [0.05, 0.1) is 0 Å². The second-order valence-electron chi connectivity index (χ2n) is 3.78. The van der Waals surface area contributed by atoms with Crippen molar-refractivity contribution >= 4 is 0 Å². The van der Waals surface area contributed by atoms with Crippen LogP contribution < -0.4 is 0 Å². The van der Waals surface area contributed by atoms with Gasteiger partial charge in [0, 0.05) is 0 Å². The van der Waals surface area contributed by atoms with E-state index >= 15 is 0 Å². The first-order valence-electron chi connectivity index (χ1n) is 4.78. The molecule has 0 spiro atoms. The van der Waals surface area contributed by atoms with Crippen molar-refractivity contribution in [3.8, 4) is 0 Å². The van der Waals surface area contributed by atoms with E-state index < -0.39 is 17.5 Å². The molecule has 0 nitrogen and oxygen atoms in total. The third-order valence-electron chi connectivity index (χ3n) is 2.91. The molecule has 0 unspecified atom stereocenters. The van der Waals surface area contributed by atoms with Crippen LogP contribution in [0, 0.1) is 23.4 Å². The molecule has 0 radical (unpaired) electrons. The van der Waals surface area contributed by atoms with E-state index in [9.17, 15) is 13.2 Å². The summed E-state index contributed by atoms with van der Waals surface area (Å²) in [4.78, 5) is 0. The fraction of sp³-hybridized carbons (Fsp3) is 0.455. The summed E-state index contributed by atoms with van der Waals surface area (Å²) in [6.45, 7) is 2.02. The summed E-state index contributed by atoms with van der Waals surface area (Å²) < 4.78 is 38.7. The number of hydrogen-bond donors (Lipinski definition) is 0. The van der Waals surface area contributed by atoms with Crippen LogP contribution in [-0.2, 0) is 0 Å². The highest BCUT2D eigenvalue weighted by molar-refractivity contribution is 5.28. The second kappa shape index (κ2) is 3.30. The highest BCUT2D eigenvalue weighted by atomic mass is 19.2. The van der Waals surface area contributed by atoms with Crippen LogP contribution in [0.3, 0.4) is 0 Å². The Morgan fingerprint density at radius 2 is 1.93 bits per heavy atom. The molecular weight excluding hydrogens is 189 g/mol. The minimum Gasteiger partial charge on any atom is -0.204 e. The maximum absolute atomic E-state index is 13.2. The Hall–Kier alpha value is -0.990. The fourth-order valence-electron chi connectivity index (χ4n) is 1.91. The van der Waals surface area contributed by atoms with Crippen LogP contribution in [0.25, 0.3) is 0 Å². The summed E-state index contributed by atoms with van der Waals surface area (Å²) in [6, 6.07) is 2.35. The van der Waals surface area contributed by atoms with Crippen LogP contribution in [0.2, 0.25) is 0 Å². The van der Waals surface area contributed by atoms with Crippen molar-refractivity contribution in [3.05, 3.63) is 35.1 Å². The zero-order valence-electron chi connectivity index (χ0n) is 7.86. The van der Waals surface area contributed by atoms with Crippen molar-refractivity contribution in [2.45, 2.75) is 25.7 Å². The zero-order chi connectivity index (χ0) is 10.3. The van der Waals surface area contributed by atoms with E-state index in [4.69, 9.17) is 0 Å². The lowest BCUT2D eigenvalue weighted by Crippen LogP contribution is -1.96. The van der Waals surface area contributed by atoms with Gasteiger partial charge in [-0.15, -0.1) is 0 Å². The Bertz CT molecular complexity index is 360. The largest absolute Gasteiger partial charge is 0.204 e. The van der Waals surface area contributed by atoms with Crippen molar-refractivity contribution < 1.29 is 13.2 Å². The van der Waals surface area contributed by atoms with Crippen LogP contribution in [0.4, 0.5) is 13.2 Å². The molecule has 0 aliphatic heterocycles. The van der Waals surface area contributed by atoms with Crippen molar-refractivity contribution in [2.24, 2.45) is 5.92 Å². The summed E-state index contributed by atoms with van der Waals surface area (Å²) in [5, 5.41) is 0. The molecule has 0 aromatic heterocycles. The first-order chi connectivity index (χ1) is 6.65. The molecule has 3 heteroatoms. The average Bonchev–Trinajstić information content (AvgIpc) is 2.94. The molecule has 1 fully saturated rings. The minimum atomic E-state index is -1.34. The van der Waals surface area contributed by atoms with Crippen LogP contribution in [0.1, 0.15) is 31.2 Å². The van der Waals surface area contributed by atoms with Crippen molar-refractivity contribution in [1.29, 1.82) is 0 Å². The van der Waals surface area contributed by atoms with E-state index in [1.54, 1.807) is 0 Å². The summed E-state index contributed by atoms with van der Waals surface area (Å²) in [5.41, 5.74) is 0.329. The van der Waals surface area contributed by atoms with Gasteiger partial charge in [-0.3, -0.25) is 0 Å². The lowest BCUT2D eigenvalue weighted by molar-refractivity contribution is 0.440. The Morgan fingerprint density at radius 1 is 1.21 bits per heavy atom. The topological polar surface area (TPSA) is 0 Å².